The summed E-state index contributed by atoms with van der Waals surface area (Å²) < 4.78 is 0. The van der Waals surface area contributed by atoms with E-state index in [4.69, 9.17) is 0 Å². The van der Waals surface area contributed by atoms with Crippen molar-refractivity contribution in [3.05, 3.63) is 23.9 Å². The molecule has 0 amide bonds. The lowest BCUT2D eigenvalue weighted by Gasteiger charge is -2.32. The van der Waals surface area contributed by atoms with E-state index in [9.17, 15) is 5.11 Å². The third-order valence-electron chi connectivity index (χ3n) is 3.56. The smallest absolute Gasteiger partial charge is 0.133 e. The molecule has 0 saturated carbocycles. The zero-order chi connectivity index (χ0) is 15.0. The Kier molecular flexibility index (Phi) is 7.55. The van der Waals surface area contributed by atoms with E-state index in [2.05, 4.69) is 49.0 Å². The molecule has 0 radical (unpaired) electrons. The van der Waals surface area contributed by atoms with Crippen LogP contribution < -0.4 is 10.2 Å². The van der Waals surface area contributed by atoms with Gasteiger partial charge in [0.2, 0.25) is 0 Å². The molecule has 2 N–H and O–H groups in total. The van der Waals surface area contributed by atoms with Gasteiger partial charge in [-0.05, 0) is 18.9 Å². The molecule has 0 spiro atoms. The van der Waals surface area contributed by atoms with Crippen molar-refractivity contribution in [2.45, 2.75) is 59.2 Å². The van der Waals surface area contributed by atoms with Crippen LogP contribution in [0.5, 0.6) is 0 Å². The van der Waals surface area contributed by atoms with Crippen LogP contribution in [0.25, 0.3) is 0 Å². The number of pyridine rings is 1. The van der Waals surface area contributed by atoms with Crippen LogP contribution in [0, 0.1) is 0 Å². The molecule has 1 aromatic rings. The van der Waals surface area contributed by atoms with E-state index in [0.29, 0.717) is 18.6 Å². The molecule has 0 atom stereocenters. The summed E-state index contributed by atoms with van der Waals surface area (Å²) in [5.74, 6) is 1.00. The van der Waals surface area contributed by atoms with Crippen molar-refractivity contribution in [3.63, 3.8) is 0 Å². The first-order valence-corrected chi connectivity index (χ1v) is 7.68. The molecule has 114 valence electrons. The minimum Gasteiger partial charge on any atom is -0.395 e. The molecular formula is C16H29N3O. The molecule has 0 aromatic carbocycles. The highest BCUT2D eigenvalue weighted by Gasteiger charge is 2.19. The van der Waals surface area contributed by atoms with Gasteiger partial charge in [-0.3, -0.25) is 0 Å². The molecule has 0 aliphatic heterocycles. The van der Waals surface area contributed by atoms with Gasteiger partial charge < -0.3 is 15.3 Å². The predicted molar refractivity (Wildman–Crippen MR) is 85.0 cm³/mol. The topological polar surface area (TPSA) is 48.4 Å². The van der Waals surface area contributed by atoms with Gasteiger partial charge in [0.1, 0.15) is 5.82 Å². The Labute approximate surface area is 123 Å². The maximum absolute atomic E-state index is 9.36. The number of hydrogen-bond acceptors (Lipinski definition) is 4. The lowest BCUT2D eigenvalue weighted by Crippen LogP contribution is -2.38. The molecule has 1 rings (SSSR count). The molecule has 0 unspecified atom stereocenters. The number of hydrogen-bond donors (Lipinski definition) is 2. The van der Waals surface area contributed by atoms with Crippen molar-refractivity contribution in [1.82, 2.24) is 10.3 Å². The van der Waals surface area contributed by atoms with Gasteiger partial charge in [0.15, 0.2) is 0 Å². The number of nitrogens with zero attached hydrogens (tertiary/aromatic N) is 2. The van der Waals surface area contributed by atoms with Gasteiger partial charge in [0.25, 0.3) is 0 Å². The average Bonchev–Trinajstić information content (AvgIpc) is 2.45. The van der Waals surface area contributed by atoms with E-state index in [1.54, 1.807) is 0 Å². The molecular weight excluding hydrogens is 250 g/mol. The monoisotopic (exact) mass is 279 g/mol. The second-order valence-electron chi connectivity index (χ2n) is 5.41. The van der Waals surface area contributed by atoms with Gasteiger partial charge in [-0.15, -0.1) is 0 Å². The predicted octanol–water partition coefficient (Wildman–Crippen LogP) is 2.57. The van der Waals surface area contributed by atoms with Crippen LogP contribution in [0.1, 0.15) is 46.1 Å². The van der Waals surface area contributed by atoms with Crippen LogP contribution in [0.3, 0.4) is 0 Å². The molecule has 1 heterocycles. The van der Waals surface area contributed by atoms with Crippen LogP contribution in [-0.2, 0) is 6.54 Å². The van der Waals surface area contributed by atoms with Crippen molar-refractivity contribution in [2.24, 2.45) is 0 Å². The SMILES string of the molecule is CCC(CC)N(CCO)c1ncccc1CNC(C)C. The number of aliphatic hydroxyl groups excluding tert-OH is 1. The largest absolute Gasteiger partial charge is 0.395 e. The standard InChI is InChI=1S/C16H29N3O/c1-5-15(6-2)19(10-11-20)16-14(8-7-9-17-16)12-18-13(3)4/h7-9,13,15,18,20H,5-6,10-12H2,1-4H3. The Morgan fingerprint density at radius 1 is 1.30 bits per heavy atom. The quantitative estimate of drug-likeness (QED) is 0.729. The molecule has 0 aliphatic rings. The lowest BCUT2D eigenvalue weighted by atomic mass is 10.1. The van der Waals surface area contributed by atoms with E-state index in [1.807, 2.05) is 12.3 Å². The minimum atomic E-state index is 0.157. The van der Waals surface area contributed by atoms with Gasteiger partial charge in [-0.1, -0.05) is 33.8 Å². The van der Waals surface area contributed by atoms with Crippen molar-refractivity contribution in [1.29, 1.82) is 0 Å². The van der Waals surface area contributed by atoms with Crippen LogP contribution in [0.15, 0.2) is 18.3 Å². The van der Waals surface area contributed by atoms with Crippen LogP contribution in [0.4, 0.5) is 5.82 Å². The number of aromatic nitrogens is 1. The highest BCUT2D eigenvalue weighted by Crippen LogP contribution is 2.22. The average molecular weight is 279 g/mol. The van der Waals surface area contributed by atoms with E-state index in [0.717, 1.165) is 25.2 Å². The Hall–Kier alpha value is -1.13. The van der Waals surface area contributed by atoms with Crippen LogP contribution in [0.2, 0.25) is 0 Å². The van der Waals surface area contributed by atoms with E-state index < -0.39 is 0 Å². The molecule has 0 fully saturated rings. The molecule has 20 heavy (non-hydrogen) atoms. The third kappa shape index (κ3) is 4.76. The van der Waals surface area contributed by atoms with Crippen LogP contribution >= 0.6 is 0 Å². The third-order valence-corrected chi connectivity index (χ3v) is 3.56. The fourth-order valence-electron chi connectivity index (χ4n) is 2.44. The summed E-state index contributed by atoms with van der Waals surface area (Å²) in [6.07, 6.45) is 3.95. The summed E-state index contributed by atoms with van der Waals surface area (Å²) in [6, 6.07) is 4.97. The fourth-order valence-corrected chi connectivity index (χ4v) is 2.44. The van der Waals surface area contributed by atoms with Gasteiger partial charge in [0, 0.05) is 36.9 Å². The summed E-state index contributed by atoms with van der Waals surface area (Å²) in [5, 5.41) is 12.8. The fraction of sp³-hybridized carbons (Fsp3) is 0.688. The van der Waals surface area contributed by atoms with E-state index in [-0.39, 0.29) is 6.61 Å². The first-order chi connectivity index (χ1) is 9.63. The Morgan fingerprint density at radius 2 is 2.00 bits per heavy atom. The van der Waals surface area contributed by atoms with Crippen molar-refractivity contribution in [2.75, 3.05) is 18.1 Å². The highest BCUT2D eigenvalue weighted by atomic mass is 16.3. The molecule has 0 bridgehead atoms. The minimum absolute atomic E-state index is 0.157. The Balaban J connectivity index is 2.99. The molecule has 4 heteroatoms. The van der Waals surface area contributed by atoms with Gasteiger partial charge in [-0.2, -0.15) is 0 Å². The maximum Gasteiger partial charge on any atom is 0.133 e. The summed E-state index contributed by atoms with van der Waals surface area (Å²) in [5.41, 5.74) is 1.20. The normalized spacial score (nSPS) is 11.3. The Bertz CT molecular complexity index is 378. The summed E-state index contributed by atoms with van der Waals surface area (Å²) >= 11 is 0. The molecule has 4 nitrogen and oxygen atoms in total. The summed E-state index contributed by atoms with van der Waals surface area (Å²) in [6.45, 7) is 10.3. The van der Waals surface area contributed by atoms with Crippen LogP contribution in [-0.4, -0.2) is 35.3 Å². The zero-order valence-electron chi connectivity index (χ0n) is 13.3. The number of rotatable bonds is 9. The number of aliphatic hydroxyl groups is 1. The second-order valence-corrected chi connectivity index (χ2v) is 5.41. The summed E-state index contributed by atoms with van der Waals surface area (Å²) in [4.78, 5) is 6.81. The highest BCUT2D eigenvalue weighted by molar-refractivity contribution is 5.47. The van der Waals surface area contributed by atoms with Crippen molar-refractivity contribution in [3.8, 4) is 0 Å². The first-order valence-electron chi connectivity index (χ1n) is 7.68. The lowest BCUT2D eigenvalue weighted by molar-refractivity contribution is 0.295. The van der Waals surface area contributed by atoms with Gasteiger partial charge in [-0.25, -0.2) is 4.98 Å². The number of anilines is 1. The Morgan fingerprint density at radius 3 is 2.55 bits per heavy atom. The van der Waals surface area contributed by atoms with Gasteiger partial charge >= 0.3 is 0 Å². The van der Waals surface area contributed by atoms with E-state index in [1.165, 1.54) is 5.56 Å². The maximum atomic E-state index is 9.36. The summed E-state index contributed by atoms with van der Waals surface area (Å²) in [7, 11) is 0. The number of nitrogens with one attached hydrogen (secondary N) is 1. The second kappa shape index (κ2) is 8.93. The van der Waals surface area contributed by atoms with Crippen molar-refractivity contribution >= 4 is 5.82 Å². The molecule has 0 aliphatic carbocycles. The van der Waals surface area contributed by atoms with Crippen molar-refractivity contribution < 1.29 is 5.11 Å². The first kappa shape index (κ1) is 16.9. The molecule has 1 aromatic heterocycles. The van der Waals surface area contributed by atoms with Gasteiger partial charge in [0.05, 0.1) is 6.61 Å². The van der Waals surface area contributed by atoms with E-state index >= 15 is 0 Å². The zero-order valence-corrected chi connectivity index (χ0v) is 13.3. The molecule has 0 saturated heterocycles.